The van der Waals surface area contributed by atoms with Gasteiger partial charge in [0.1, 0.15) is 27.6 Å². The maximum absolute atomic E-state index is 12.5. The van der Waals surface area contributed by atoms with E-state index in [-0.39, 0.29) is 34.2 Å². The summed E-state index contributed by atoms with van der Waals surface area (Å²) in [6.07, 6.45) is 1.45. The number of carbonyl (C=O) groups is 3. The van der Waals surface area contributed by atoms with Gasteiger partial charge < -0.3 is 23.9 Å². The van der Waals surface area contributed by atoms with Crippen molar-refractivity contribution in [2.45, 2.75) is 6.92 Å². The van der Waals surface area contributed by atoms with Gasteiger partial charge in [-0.05, 0) is 25.1 Å². The minimum absolute atomic E-state index is 0.0527. The second-order valence-corrected chi connectivity index (χ2v) is 7.20. The average Bonchev–Trinajstić information content (AvgIpc) is 3.47. The third-order valence-electron chi connectivity index (χ3n) is 4.26. The van der Waals surface area contributed by atoms with E-state index in [1.807, 2.05) is 0 Å². The summed E-state index contributed by atoms with van der Waals surface area (Å²) >= 11 is 1.07. The number of benzene rings is 1. The van der Waals surface area contributed by atoms with Gasteiger partial charge in [-0.25, -0.2) is 9.59 Å². The Labute approximate surface area is 191 Å². The van der Waals surface area contributed by atoms with Crippen LogP contribution in [0.3, 0.4) is 0 Å². The molecule has 11 nitrogen and oxygen atoms in total. The molecular formula is C21H18N2O9S. The summed E-state index contributed by atoms with van der Waals surface area (Å²) in [6, 6.07) is 6.73. The monoisotopic (exact) mass is 474 g/mol. The Morgan fingerprint density at radius 1 is 1.18 bits per heavy atom. The number of ether oxygens (including phenoxy) is 3. The highest BCUT2D eigenvalue weighted by molar-refractivity contribution is 7.15. The quantitative estimate of drug-likeness (QED) is 0.277. The van der Waals surface area contributed by atoms with Gasteiger partial charge in [-0.15, -0.1) is 11.3 Å². The van der Waals surface area contributed by atoms with Crippen LogP contribution in [0.5, 0.6) is 5.75 Å². The zero-order chi connectivity index (χ0) is 24.0. The number of nitrogens with one attached hydrogen (secondary N) is 1. The molecule has 172 valence electrons. The van der Waals surface area contributed by atoms with Gasteiger partial charge in [0.25, 0.3) is 11.6 Å². The first-order chi connectivity index (χ1) is 15.8. The van der Waals surface area contributed by atoms with Crippen LogP contribution in [0.25, 0.3) is 11.3 Å². The van der Waals surface area contributed by atoms with Crippen molar-refractivity contribution in [3.8, 4) is 17.1 Å². The SMILES string of the molecule is CCOC(=O)c1c(-c2ccco2)csc1NC(=O)COC(=O)c1cc([N+](=O)[O-])ccc1OC. The van der Waals surface area contributed by atoms with Crippen LogP contribution in [0.15, 0.2) is 46.4 Å². The number of thiophene rings is 1. The normalized spacial score (nSPS) is 10.4. The van der Waals surface area contributed by atoms with Crippen molar-refractivity contribution >= 4 is 39.9 Å². The van der Waals surface area contributed by atoms with Crippen LogP contribution in [-0.4, -0.2) is 43.1 Å². The highest BCUT2D eigenvalue weighted by Crippen LogP contribution is 2.36. The van der Waals surface area contributed by atoms with Crippen LogP contribution in [-0.2, 0) is 14.3 Å². The summed E-state index contributed by atoms with van der Waals surface area (Å²) in [5.74, 6) is -1.90. The third-order valence-corrected chi connectivity index (χ3v) is 5.15. The Balaban J connectivity index is 1.74. The lowest BCUT2D eigenvalue weighted by atomic mass is 10.1. The molecule has 1 N–H and O–H groups in total. The molecular weight excluding hydrogens is 456 g/mol. The van der Waals surface area contributed by atoms with Gasteiger partial charge in [0, 0.05) is 23.1 Å². The molecule has 3 aromatic rings. The summed E-state index contributed by atoms with van der Waals surface area (Å²) in [7, 11) is 1.29. The van der Waals surface area contributed by atoms with E-state index in [1.54, 1.807) is 24.4 Å². The largest absolute Gasteiger partial charge is 0.496 e. The molecule has 2 heterocycles. The molecule has 0 atom stereocenters. The van der Waals surface area contributed by atoms with Gasteiger partial charge in [-0.3, -0.25) is 14.9 Å². The predicted molar refractivity (Wildman–Crippen MR) is 117 cm³/mol. The van der Waals surface area contributed by atoms with E-state index in [0.717, 1.165) is 17.4 Å². The molecule has 2 aromatic heterocycles. The van der Waals surface area contributed by atoms with Gasteiger partial charge in [-0.1, -0.05) is 0 Å². The van der Waals surface area contributed by atoms with Crippen LogP contribution in [0.4, 0.5) is 10.7 Å². The van der Waals surface area contributed by atoms with Crippen LogP contribution in [0.2, 0.25) is 0 Å². The van der Waals surface area contributed by atoms with Crippen molar-refractivity contribution in [1.82, 2.24) is 0 Å². The fourth-order valence-electron chi connectivity index (χ4n) is 2.81. The number of amides is 1. The van der Waals surface area contributed by atoms with E-state index < -0.39 is 29.4 Å². The Kier molecular flexibility index (Phi) is 7.41. The molecule has 33 heavy (non-hydrogen) atoms. The zero-order valence-corrected chi connectivity index (χ0v) is 18.3. The Bertz CT molecular complexity index is 1180. The standard InChI is InChI=1S/C21H18N2O9S/c1-3-30-21(26)18-14(16-5-4-8-31-16)11-33-19(18)22-17(24)10-32-20(25)13-9-12(23(27)28)6-7-15(13)29-2/h4-9,11H,3,10H2,1-2H3,(H,22,24). The molecule has 0 spiro atoms. The first-order valence-electron chi connectivity index (χ1n) is 9.47. The number of hydrogen-bond acceptors (Lipinski definition) is 10. The second kappa shape index (κ2) is 10.4. The second-order valence-electron chi connectivity index (χ2n) is 6.32. The molecule has 0 fully saturated rings. The first kappa shape index (κ1) is 23.5. The number of nitro benzene ring substituents is 1. The highest BCUT2D eigenvalue weighted by Gasteiger charge is 2.25. The van der Waals surface area contributed by atoms with Crippen molar-refractivity contribution < 1.29 is 37.9 Å². The number of nitrogens with zero attached hydrogens (tertiary/aromatic N) is 1. The zero-order valence-electron chi connectivity index (χ0n) is 17.5. The molecule has 0 aliphatic heterocycles. The summed E-state index contributed by atoms with van der Waals surface area (Å²) in [5, 5.41) is 15.3. The minimum Gasteiger partial charge on any atom is -0.496 e. The smallest absolute Gasteiger partial charge is 0.342 e. The van der Waals surface area contributed by atoms with Crippen LogP contribution < -0.4 is 10.1 Å². The molecule has 0 radical (unpaired) electrons. The van der Waals surface area contributed by atoms with Gasteiger partial charge in [0.15, 0.2) is 6.61 Å². The van der Waals surface area contributed by atoms with E-state index in [2.05, 4.69) is 5.32 Å². The maximum atomic E-state index is 12.5. The molecule has 0 aliphatic carbocycles. The molecule has 0 aliphatic rings. The summed E-state index contributed by atoms with van der Waals surface area (Å²) in [4.78, 5) is 47.6. The van der Waals surface area contributed by atoms with Crippen molar-refractivity contribution in [3.63, 3.8) is 0 Å². The number of hydrogen-bond donors (Lipinski definition) is 1. The minimum atomic E-state index is -0.987. The van der Waals surface area contributed by atoms with E-state index in [1.165, 1.54) is 25.5 Å². The van der Waals surface area contributed by atoms with E-state index >= 15 is 0 Å². The van der Waals surface area contributed by atoms with E-state index in [4.69, 9.17) is 18.6 Å². The van der Waals surface area contributed by atoms with Crippen LogP contribution in [0, 0.1) is 10.1 Å². The molecule has 1 aromatic carbocycles. The van der Waals surface area contributed by atoms with Gasteiger partial charge in [0.2, 0.25) is 0 Å². The van der Waals surface area contributed by atoms with Gasteiger partial charge in [-0.2, -0.15) is 0 Å². The highest BCUT2D eigenvalue weighted by atomic mass is 32.1. The Morgan fingerprint density at radius 3 is 2.61 bits per heavy atom. The Morgan fingerprint density at radius 2 is 1.97 bits per heavy atom. The lowest BCUT2D eigenvalue weighted by Crippen LogP contribution is -2.22. The fraction of sp³-hybridized carbons (Fsp3) is 0.190. The number of rotatable bonds is 9. The summed E-state index contributed by atoms with van der Waals surface area (Å²) in [6.45, 7) is 1.07. The van der Waals surface area contributed by atoms with Gasteiger partial charge in [0.05, 0.1) is 24.9 Å². The lowest BCUT2D eigenvalue weighted by Gasteiger charge is -2.10. The van der Waals surface area contributed by atoms with Crippen molar-refractivity contribution in [3.05, 3.63) is 63.2 Å². The number of furan rings is 1. The predicted octanol–water partition coefficient (Wildman–Crippen LogP) is 3.90. The van der Waals surface area contributed by atoms with Crippen molar-refractivity contribution in [2.24, 2.45) is 0 Å². The fourth-order valence-corrected chi connectivity index (χ4v) is 3.76. The third kappa shape index (κ3) is 5.36. The van der Waals surface area contributed by atoms with Crippen molar-refractivity contribution in [1.29, 1.82) is 0 Å². The van der Waals surface area contributed by atoms with E-state index in [9.17, 15) is 24.5 Å². The van der Waals surface area contributed by atoms with Crippen molar-refractivity contribution in [2.75, 3.05) is 25.6 Å². The molecule has 1 amide bonds. The molecule has 12 heteroatoms. The Hall–Kier alpha value is -4.19. The number of carbonyl (C=O) groups excluding carboxylic acids is 3. The number of non-ortho nitro benzene ring substituents is 1. The molecule has 0 saturated heterocycles. The molecule has 0 unspecified atom stereocenters. The number of esters is 2. The molecule has 0 bridgehead atoms. The molecule has 0 saturated carbocycles. The topological polar surface area (TPSA) is 147 Å². The van der Waals surface area contributed by atoms with Crippen LogP contribution >= 0.6 is 11.3 Å². The summed E-state index contributed by atoms with van der Waals surface area (Å²) in [5.41, 5.74) is 0.00664. The number of nitro groups is 1. The number of anilines is 1. The summed E-state index contributed by atoms with van der Waals surface area (Å²) < 4.78 is 20.4. The maximum Gasteiger partial charge on any atom is 0.342 e. The molecule has 3 rings (SSSR count). The average molecular weight is 474 g/mol. The van der Waals surface area contributed by atoms with Gasteiger partial charge >= 0.3 is 11.9 Å². The first-order valence-corrected chi connectivity index (χ1v) is 10.4. The number of methoxy groups -OCH3 is 1. The van der Waals surface area contributed by atoms with Crippen LogP contribution in [0.1, 0.15) is 27.6 Å². The lowest BCUT2D eigenvalue weighted by molar-refractivity contribution is -0.384. The van der Waals surface area contributed by atoms with E-state index in [0.29, 0.717) is 11.3 Å².